The topological polar surface area (TPSA) is 39.2 Å². The molecule has 0 N–H and O–H groups in total. The number of nitrogens with zero attached hydrogens (tertiary/aromatic N) is 1. The second-order valence-electron chi connectivity index (χ2n) is 4.04. The lowest BCUT2D eigenvalue weighted by molar-refractivity contribution is 0.0592. The Morgan fingerprint density at radius 2 is 2.12 bits per heavy atom. The number of pyridine rings is 1. The minimum Gasteiger partial charge on any atom is -0.464 e. The number of aromatic nitrogens is 1. The summed E-state index contributed by atoms with van der Waals surface area (Å²) >= 11 is 3.32. The number of esters is 1. The monoisotopic (exact) mass is 283 g/mol. The third-order valence-corrected chi connectivity index (χ3v) is 3.66. The Balaban J connectivity index is 2.30. The van der Waals surface area contributed by atoms with Crippen molar-refractivity contribution in [3.8, 4) is 0 Å². The minimum atomic E-state index is -0.383. The largest absolute Gasteiger partial charge is 0.464 e. The number of carbonyl (C=O) groups excluding carboxylic acids is 1. The summed E-state index contributed by atoms with van der Waals surface area (Å²) in [6.45, 7) is 0. The Hall–Kier alpha value is -0.900. The van der Waals surface area contributed by atoms with Gasteiger partial charge in [-0.15, -0.1) is 0 Å². The van der Waals surface area contributed by atoms with Crippen molar-refractivity contribution in [3.05, 3.63) is 28.0 Å². The predicted octanol–water partition coefficient (Wildman–Crippen LogP) is 3.29. The van der Waals surface area contributed by atoms with E-state index in [9.17, 15) is 4.79 Å². The van der Waals surface area contributed by atoms with Gasteiger partial charge in [0, 0.05) is 11.6 Å². The van der Waals surface area contributed by atoms with E-state index < -0.39 is 0 Å². The van der Waals surface area contributed by atoms with Crippen molar-refractivity contribution in [2.24, 2.45) is 0 Å². The SMILES string of the molecule is COC(=O)c1nc(C2CCCC2)ccc1Br. The highest BCUT2D eigenvalue weighted by Gasteiger charge is 2.21. The number of halogens is 1. The first-order valence-corrected chi connectivity index (χ1v) is 6.26. The molecule has 0 aromatic carbocycles. The molecule has 0 atom stereocenters. The van der Waals surface area contributed by atoms with Gasteiger partial charge >= 0.3 is 5.97 Å². The van der Waals surface area contributed by atoms with Crippen molar-refractivity contribution in [1.29, 1.82) is 0 Å². The molecule has 1 fully saturated rings. The average molecular weight is 284 g/mol. The molecule has 0 unspecified atom stereocenters. The number of carbonyl (C=O) groups is 1. The Labute approximate surface area is 103 Å². The summed E-state index contributed by atoms with van der Waals surface area (Å²) in [5.41, 5.74) is 1.40. The van der Waals surface area contributed by atoms with Crippen LogP contribution in [0.3, 0.4) is 0 Å². The van der Waals surface area contributed by atoms with Crippen LogP contribution in [-0.4, -0.2) is 18.1 Å². The molecule has 0 spiro atoms. The van der Waals surface area contributed by atoms with Gasteiger partial charge in [-0.05, 0) is 40.9 Å². The summed E-state index contributed by atoms with van der Waals surface area (Å²) in [7, 11) is 1.37. The van der Waals surface area contributed by atoms with Gasteiger partial charge in [0.2, 0.25) is 0 Å². The molecule has 0 saturated heterocycles. The van der Waals surface area contributed by atoms with Crippen molar-refractivity contribution in [2.75, 3.05) is 7.11 Å². The highest BCUT2D eigenvalue weighted by Crippen LogP contribution is 2.33. The zero-order valence-corrected chi connectivity index (χ0v) is 10.8. The van der Waals surface area contributed by atoms with E-state index in [1.807, 2.05) is 12.1 Å². The summed E-state index contributed by atoms with van der Waals surface area (Å²) in [5.74, 6) is 0.128. The average Bonchev–Trinajstić information content (AvgIpc) is 2.82. The minimum absolute atomic E-state index is 0.381. The van der Waals surface area contributed by atoms with Crippen molar-refractivity contribution >= 4 is 21.9 Å². The van der Waals surface area contributed by atoms with Gasteiger partial charge in [0.15, 0.2) is 5.69 Å². The van der Waals surface area contributed by atoms with Crippen LogP contribution in [0, 0.1) is 0 Å². The molecule has 86 valence electrons. The molecule has 2 rings (SSSR count). The molecule has 0 amide bonds. The van der Waals surface area contributed by atoms with Gasteiger partial charge in [-0.1, -0.05) is 12.8 Å². The van der Waals surface area contributed by atoms with Crippen molar-refractivity contribution in [1.82, 2.24) is 4.98 Å². The van der Waals surface area contributed by atoms with Crippen LogP contribution in [0.4, 0.5) is 0 Å². The van der Waals surface area contributed by atoms with Gasteiger partial charge in [-0.2, -0.15) is 0 Å². The standard InChI is InChI=1S/C12H14BrNO2/c1-16-12(15)11-9(13)6-7-10(14-11)8-4-2-3-5-8/h6-8H,2-5H2,1H3. The molecule has 0 aliphatic heterocycles. The molecule has 1 aromatic heterocycles. The third-order valence-electron chi connectivity index (χ3n) is 3.02. The van der Waals surface area contributed by atoms with Crippen LogP contribution in [0.25, 0.3) is 0 Å². The van der Waals surface area contributed by atoms with Gasteiger partial charge in [-0.25, -0.2) is 9.78 Å². The van der Waals surface area contributed by atoms with E-state index in [0.717, 1.165) is 5.69 Å². The van der Waals surface area contributed by atoms with Crippen molar-refractivity contribution in [3.63, 3.8) is 0 Å². The molecule has 1 saturated carbocycles. The molecular weight excluding hydrogens is 270 g/mol. The molecule has 1 heterocycles. The Morgan fingerprint density at radius 3 is 2.75 bits per heavy atom. The molecular formula is C12H14BrNO2. The lowest BCUT2D eigenvalue weighted by Crippen LogP contribution is -2.08. The maximum Gasteiger partial charge on any atom is 0.357 e. The summed E-state index contributed by atoms with van der Waals surface area (Å²) in [5, 5.41) is 0. The Morgan fingerprint density at radius 1 is 1.44 bits per heavy atom. The van der Waals surface area contributed by atoms with Crippen molar-refractivity contribution in [2.45, 2.75) is 31.6 Å². The molecule has 1 aromatic rings. The smallest absolute Gasteiger partial charge is 0.357 e. The fraction of sp³-hybridized carbons (Fsp3) is 0.500. The van der Waals surface area contributed by atoms with Gasteiger partial charge < -0.3 is 4.74 Å². The predicted molar refractivity (Wildman–Crippen MR) is 64.5 cm³/mol. The number of hydrogen-bond donors (Lipinski definition) is 0. The third kappa shape index (κ3) is 2.26. The molecule has 1 aliphatic carbocycles. The molecule has 4 heteroatoms. The summed E-state index contributed by atoms with van der Waals surface area (Å²) in [6, 6.07) is 3.87. The molecule has 1 aliphatic rings. The first-order valence-electron chi connectivity index (χ1n) is 5.47. The fourth-order valence-electron chi connectivity index (χ4n) is 2.15. The zero-order chi connectivity index (χ0) is 11.5. The van der Waals surface area contributed by atoms with Gasteiger partial charge in [-0.3, -0.25) is 0 Å². The van der Waals surface area contributed by atoms with Gasteiger partial charge in [0.1, 0.15) is 0 Å². The van der Waals surface area contributed by atoms with Crippen LogP contribution >= 0.6 is 15.9 Å². The number of hydrogen-bond acceptors (Lipinski definition) is 3. The Bertz CT molecular complexity index is 400. The maximum atomic E-state index is 11.5. The van der Waals surface area contributed by atoms with Crippen LogP contribution in [0.5, 0.6) is 0 Å². The molecule has 0 bridgehead atoms. The number of methoxy groups -OCH3 is 1. The number of rotatable bonds is 2. The second-order valence-corrected chi connectivity index (χ2v) is 4.89. The first kappa shape index (κ1) is 11.6. The molecule has 3 nitrogen and oxygen atoms in total. The molecule has 16 heavy (non-hydrogen) atoms. The van der Waals surface area contributed by atoms with E-state index in [1.54, 1.807) is 0 Å². The lowest BCUT2D eigenvalue weighted by Gasteiger charge is -2.10. The van der Waals surface area contributed by atoms with E-state index in [0.29, 0.717) is 16.1 Å². The highest BCUT2D eigenvalue weighted by atomic mass is 79.9. The number of ether oxygens (including phenoxy) is 1. The fourth-order valence-corrected chi connectivity index (χ4v) is 2.53. The van der Waals surface area contributed by atoms with Gasteiger partial charge in [0.05, 0.1) is 11.6 Å². The van der Waals surface area contributed by atoms with Crippen LogP contribution in [0.1, 0.15) is 47.8 Å². The highest BCUT2D eigenvalue weighted by molar-refractivity contribution is 9.10. The van der Waals surface area contributed by atoms with Crippen LogP contribution in [0.15, 0.2) is 16.6 Å². The second kappa shape index (κ2) is 4.95. The normalized spacial score (nSPS) is 16.4. The van der Waals surface area contributed by atoms with E-state index in [2.05, 4.69) is 20.9 Å². The van der Waals surface area contributed by atoms with Crippen LogP contribution in [-0.2, 0) is 4.74 Å². The van der Waals surface area contributed by atoms with Crippen LogP contribution in [0.2, 0.25) is 0 Å². The zero-order valence-electron chi connectivity index (χ0n) is 9.20. The van der Waals surface area contributed by atoms with Crippen molar-refractivity contribution < 1.29 is 9.53 Å². The summed E-state index contributed by atoms with van der Waals surface area (Å²) < 4.78 is 5.40. The van der Waals surface area contributed by atoms with Gasteiger partial charge in [0.25, 0.3) is 0 Å². The van der Waals surface area contributed by atoms with Crippen LogP contribution < -0.4 is 0 Å². The molecule has 0 radical (unpaired) electrons. The van der Waals surface area contributed by atoms with E-state index >= 15 is 0 Å². The first-order chi connectivity index (χ1) is 7.72. The summed E-state index contributed by atoms with van der Waals surface area (Å²) in [4.78, 5) is 15.9. The van der Waals surface area contributed by atoms with E-state index in [4.69, 9.17) is 4.74 Å². The Kier molecular flexibility index (Phi) is 3.59. The van der Waals surface area contributed by atoms with E-state index in [1.165, 1.54) is 32.8 Å². The summed E-state index contributed by atoms with van der Waals surface area (Å²) in [6.07, 6.45) is 4.87. The quantitative estimate of drug-likeness (QED) is 0.782. The van der Waals surface area contributed by atoms with E-state index in [-0.39, 0.29) is 5.97 Å². The maximum absolute atomic E-state index is 11.5. The lowest BCUT2D eigenvalue weighted by atomic mass is 10.0.